The normalized spacial score (nSPS) is 11.9. The van der Waals surface area contributed by atoms with Crippen molar-refractivity contribution >= 4 is 32.9 Å². The molecular formula is C16H10BrF3N2O. The molecule has 0 saturated heterocycles. The first-order valence-corrected chi connectivity index (χ1v) is 7.44. The van der Waals surface area contributed by atoms with Crippen LogP contribution in [0.5, 0.6) is 0 Å². The van der Waals surface area contributed by atoms with Gasteiger partial charge in [-0.2, -0.15) is 13.2 Å². The first kappa shape index (κ1) is 15.7. The quantitative estimate of drug-likeness (QED) is 0.604. The number of rotatable bonds is 1. The Morgan fingerprint density at radius 3 is 2.52 bits per heavy atom. The summed E-state index contributed by atoms with van der Waals surface area (Å²) in [5.74, 6) is -1.99. The number of carbonyl (C=O) groups excluding carboxylic acids is 1. The summed E-state index contributed by atoms with van der Waals surface area (Å²) in [6.45, 7) is 1.66. The third kappa shape index (κ3) is 2.76. The van der Waals surface area contributed by atoms with Crippen LogP contribution in [0.4, 0.5) is 13.2 Å². The summed E-state index contributed by atoms with van der Waals surface area (Å²) in [7, 11) is 0. The number of halogens is 4. The van der Waals surface area contributed by atoms with Crippen LogP contribution < -0.4 is 0 Å². The van der Waals surface area contributed by atoms with E-state index in [1.54, 1.807) is 31.2 Å². The zero-order chi connectivity index (χ0) is 16.8. The molecule has 0 amide bonds. The van der Waals surface area contributed by atoms with E-state index in [-0.39, 0.29) is 16.6 Å². The summed E-state index contributed by atoms with van der Waals surface area (Å²) in [6.07, 6.45) is -4.73. The molecule has 0 aliphatic rings. The smallest absolute Gasteiger partial charge is 0.268 e. The van der Waals surface area contributed by atoms with E-state index >= 15 is 0 Å². The number of fused-ring (bicyclic) bond motifs is 1. The first-order valence-electron chi connectivity index (χ1n) is 6.64. The van der Waals surface area contributed by atoms with Crippen LogP contribution >= 0.6 is 15.9 Å². The Hall–Kier alpha value is -2.15. The molecule has 23 heavy (non-hydrogen) atoms. The number of aryl methyl sites for hydroxylation is 1. The number of imidazole rings is 1. The van der Waals surface area contributed by atoms with E-state index in [2.05, 4.69) is 20.9 Å². The van der Waals surface area contributed by atoms with Crippen molar-refractivity contribution in [1.29, 1.82) is 0 Å². The standard InChI is InChI=1S/C16H10BrF3N2O/c1-9-4-2-7-12-13(9)21-15(16(18,19)20)22(12)14(23)10-5-3-6-11(17)8-10/h2-8H,1H3. The fraction of sp³-hybridized carbons (Fsp3) is 0.125. The molecule has 118 valence electrons. The van der Waals surface area contributed by atoms with Crippen molar-refractivity contribution in [3.8, 4) is 0 Å². The van der Waals surface area contributed by atoms with E-state index in [0.29, 0.717) is 14.6 Å². The molecule has 3 nitrogen and oxygen atoms in total. The molecule has 1 heterocycles. The van der Waals surface area contributed by atoms with Gasteiger partial charge in [-0.1, -0.05) is 34.1 Å². The van der Waals surface area contributed by atoms with Gasteiger partial charge in [-0.25, -0.2) is 4.98 Å². The molecule has 3 rings (SSSR count). The molecule has 0 saturated carbocycles. The van der Waals surface area contributed by atoms with Crippen molar-refractivity contribution in [1.82, 2.24) is 9.55 Å². The Balaban J connectivity index is 2.31. The molecule has 0 unspecified atom stereocenters. The molecule has 0 N–H and O–H groups in total. The minimum atomic E-state index is -4.73. The van der Waals surface area contributed by atoms with Crippen molar-refractivity contribution in [2.45, 2.75) is 13.1 Å². The topological polar surface area (TPSA) is 34.9 Å². The summed E-state index contributed by atoms with van der Waals surface area (Å²) < 4.78 is 41.2. The minimum Gasteiger partial charge on any atom is -0.268 e. The van der Waals surface area contributed by atoms with E-state index in [1.807, 2.05) is 0 Å². The molecule has 0 atom stereocenters. The van der Waals surface area contributed by atoms with Gasteiger partial charge in [0.25, 0.3) is 5.91 Å². The molecule has 1 aromatic heterocycles. The Morgan fingerprint density at radius 1 is 1.17 bits per heavy atom. The van der Waals surface area contributed by atoms with Gasteiger partial charge in [0.15, 0.2) is 0 Å². The monoisotopic (exact) mass is 382 g/mol. The largest absolute Gasteiger partial charge is 0.450 e. The predicted molar refractivity (Wildman–Crippen MR) is 83.3 cm³/mol. The van der Waals surface area contributed by atoms with Gasteiger partial charge in [-0.3, -0.25) is 9.36 Å². The van der Waals surface area contributed by atoms with Crippen molar-refractivity contribution < 1.29 is 18.0 Å². The van der Waals surface area contributed by atoms with Gasteiger partial charge >= 0.3 is 6.18 Å². The van der Waals surface area contributed by atoms with Gasteiger partial charge in [-0.05, 0) is 36.8 Å². The highest BCUT2D eigenvalue weighted by Gasteiger charge is 2.39. The second-order valence-corrected chi connectivity index (χ2v) is 5.94. The molecule has 0 fully saturated rings. The maximum absolute atomic E-state index is 13.3. The van der Waals surface area contributed by atoms with E-state index < -0.39 is 17.9 Å². The lowest BCUT2D eigenvalue weighted by molar-refractivity contribution is -0.145. The zero-order valence-electron chi connectivity index (χ0n) is 11.9. The van der Waals surface area contributed by atoms with Crippen LogP contribution in [0.2, 0.25) is 0 Å². The zero-order valence-corrected chi connectivity index (χ0v) is 13.4. The number of aromatic nitrogens is 2. The molecule has 0 aliphatic carbocycles. The number of para-hydroxylation sites is 1. The number of alkyl halides is 3. The lowest BCUT2D eigenvalue weighted by Gasteiger charge is -2.10. The number of carbonyl (C=O) groups is 1. The van der Waals surface area contributed by atoms with Crippen LogP contribution in [-0.4, -0.2) is 15.5 Å². The lowest BCUT2D eigenvalue weighted by Crippen LogP contribution is -2.21. The Morgan fingerprint density at radius 2 is 1.87 bits per heavy atom. The molecule has 7 heteroatoms. The molecule has 3 aromatic rings. The second-order valence-electron chi connectivity index (χ2n) is 5.03. The average Bonchev–Trinajstić information content (AvgIpc) is 2.87. The van der Waals surface area contributed by atoms with Crippen LogP contribution in [0, 0.1) is 6.92 Å². The fourth-order valence-corrected chi connectivity index (χ4v) is 2.78. The summed E-state index contributed by atoms with van der Waals surface area (Å²) in [6, 6.07) is 10.9. The van der Waals surface area contributed by atoms with Crippen LogP contribution in [-0.2, 0) is 6.18 Å². The number of benzene rings is 2. The highest BCUT2D eigenvalue weighted by Crippen LogP contribution is 2.33. The van der Waals surface area contributed by atoms with Crippen molar-refractivity contribution in [3.05, 3.63) is 63.9 Å². The number of hydrogen-bond donors (Lipinski definition) is 0. The van der Waals surface area contributed by atoms with Gasteiger partial charge in [0, 0.05) is 10.0 Å². The molecule has 0 spiro atoms. The third-order valence-electron chi connectivity index (χ3n) is 3.42. The summed E-state index contributed by atoms with van der Waals surface area (Å²) in [4.78, 5) is 16.3. The molecule has 0 aliphatic heterocycles. The summed E-state index contributed by atoms with van der Waals surface area (Å²) in [5, 5.41) is 0. The van der Waals surface area contributed by atoms with Crippen LogP contribution in [0.15, 0.2) is 46.9 Å². The lowest BCUT2D eigenvalue weighted by atomic mass is 10.2. The van der Waals surface area contributed by atoms with Gasteiger partial charge in [0.2, 0.25) is 5.82 Å². The third-order valence-corrected chi connectivity index (χ3v) is 3.91. The summed E-state index contributed by atoms with van der Waals surface area (Å²) >= 11 is 3.21. The Bertz CT molecular complexity index is 915. The van der Waals surface area contributed by atoms with Gasteiger partial charge < -0.3 is 0 Å². The number of hydrogen-bond acceptors (Lipinski definition) is 2. The van der Waals surface area contributed by atoms with Crippen LogP contribution in [0.25, 0.3) is 11.0 Å². The average molecular weight is 383 g/mol. The van der Waals surface area contributed by atoms with Crippen molar-refractivity contribution in [2.75, 3.05) is 0 Å². The second kappa shape index (κ2) is 5.49. The van der Waals surface area contributed by atoms with Crippen molar-refractivity contribution in [2.24, 2.45) is 0 Å². The van der Waals surface area contributed by atoms with E-state index in [0.717, 1.165) is 0 Å². The van der Waals surface area contributed by atoms with E-state index in [1.165, 1.54) is 18.2 Å². The number of nitrogens with zero attached hydrogens (tertiary/aromatic N) is 2. The van der Waals surface area contributed by atoms with E-state index in [9.17, 15) is 18.0 Å². The maximum Gasteiger partial charge on any atom is 0.450 e. The fourth-order valence-electron chi connectivity index (χ4n) is 2.39. The first-order chi connectivity index (χ1) is 10.8. The van der Waals surface area contributed by atoms with Gasteiger partial charge in [0.05, 0.1) is 11.0 Å². The SMILES string of the molecule is Cc1cccc2c1nc(C(F)(F)F)n2C(=O)c1cccc(Br)c1. The Kier molecular flexibility index (Phi) is 3.75. The highest BCUT2D eigenvalue weighted by molar-refractivity contribution is 9.10. The van der Waals surface area contributed by atoms with E-state index in [4.69, 9.17) is 0 Å². The molecule has 2 aromatic carbocycles. The maximum atomic E-state index is 13.3. The minimum absolute atomic E-state index is 0.141. The van der Waals surface area contributed by atoms with Crippen molar-refractivity contribution in [3.63, 3.8) is 0 Å². The Labute approximate surface area is 137 Å². The summed E-state index contributed by atoms with van der Waals surface area (Å²) in [5.41, 5.74) is 1.03. The highest BCUT2D eigenvalue weighted by atomic mass is 79.9. The molecule has 0 radical (unpaired) electrons. The van der Waals surface area contributed by atoms with Gasteiger partial charge in [-0.15, -0.1) is 0 Å². The van der Waals surface area contributed by atoms with Crippen LogP contribution in [0.3, 0.4) is 0 Å². The predicted octanol–water partition coefficient (Wildman–Crippen LogP) is 4.81. The molecule has 0 bridgehead atoms. The van der Waals surface area contributed by atoms with Gasteiger partial charge in [0.1, 0.15) is 0 Å². The van der Waals surface area contributed by atoms with Crippen LogP contribution in [0.1, 0.15) is 21.7 Å². The molecular weight excluding hydrogens is 373 g/mol.